The minimum Gasteiger partial charge on any atom is -0.423 e. The molecule has 0 atom stereocenters. The lowest BCUT2D eigenvalue weighted by Gasteiger charge is -2.11. The summed E-state index contributed by atoms with van der Waals surface area (Å²) in [6, 6.07) is 17.3. The third-order valence-corrected chi connectivity index (χ3v) is 2.96. The molecule has 2 aromatic rings. The lowest BCUT2D eigenvalue weighted by Crippen LogP contribution is -2.06. The molecule has 0 fully saturated rings. The molecule has 0 N–H and O–H groups in total. The van der Waals surface area contributed by atoms with E-state index in [-0.39, 0.29) is 5.97 Å². The van der Waals surface area contributed by atoms with E-state index in [9.17, 15) is 4.79 Å². The van der Waals surface area contributed by atoms with Gasteiger partial charge in [0.1, 0.15) is 5.75 Å². The van der Waals surface area contributed by atoms with E-state index in [0.29, 0.717) is 11.7 Å². The average Bonchev–Trinajstić information content (AvgIpc) is 2.46. The molecule has 0 amide bonds. The Hall–Kier alpha value is -2.35. The zero-order valence-corrected chi connectivity index (χ0v) is 11.7. The molecule has 0 aliphatic heterocycles. The minimum atomic E-state index is -0.359. The third kappa shape index (κ3) is 3.82. The summed E-state index contributed by atoms with van der Waals surface area (Å²) >= 11 is 0. The van der Waals surface area contributed by atoms with E-state index >= 15 is 0 Å². The molecule has 0 aliphatic rings. The van der Waals surface area contributed by atoms with Gasteiger partial charge in [-0.05, 0) is 29.2 Å². The van der Waals surface area contributed by atoms with E-state index in [1.54, 1.807) is 6.08 Å². The first-order chi connectivity index (χ1) is 9.66. The van der Waals surface area contributed by atoms with Crippen LogP contribution in [-0.2, 0) is 4.79 Å². The van der Waals surface area contributed by atoms with Crippen molar-refractivity contribution >= 4 is 12.0 Å². The number of rotatable bonds is 4. The predicted molar refractivity (Wildman–Crippen MR) is 81.6 cm³/mol. The molecule has 0 heterocycles. The molecule has 102 valence electrons. The third-order valence-electron chi connectivity index (χ3n) is 2.96. The number of benzene rings is 2. The van der Waals surface area contributed by atoms with E-state index in [0.717, 1.165) is 11.1 Å². The molecule has 2 heteroatoms. The van der Waals surface area contributed by atoms with Crippen molar-refractivity contribution in [3.63, 3.8) is 0 Å². The highest BCUT2D eigenvalue weighted by atomic mass is 16.5. The number of carbonyl (C=O) groups excluding carboxylic acids is 1. The van der Waals surface area contributed by atoms with Gasteiger partial charge < -0.3 is 4.74 Å². The van der Waals surface area contributed by atoms with Gasteiger partial charge in [0.15, 0.2) is 0 Å². The molecule has 0 aliphatic carbocycles. The number of hydrogen-bond donors (Lipinski definition) is 0. The summed E-state index contributed by atoms with van der Waals surface area (Å²) < 4.78 is 5.40. The highest BCUT2D eigenvalue weighted by Crippen LogP contribution is 2.25. The first kappa shape index (κ1) is 14.1. The van der Waals surface area contributed by atoms with E-state index in [1.807, 2.05) is 54.6 Å². The van der Waals surface area contributed by atoms with Crippen LogP contribution in [0.25, 0.3) is 6.08 Å². The van der Waals surface area contributed by atoms with Crippen molar-refractivity contribution in [1.82, 2.24) is 0 Å². The second kappa shape index (κ2) is 6.71. The molecular formula is C18H18O2. The summed E-state index contributed by atoms with van der Waals surface area (Å²) in [5, 5.41) is 0. The molecule has 20 heavy (non-hydrogen) atoms. The monoisotopic (exact) mass is 266 g/mol. The first-order valence-corrected chi connectivity index (χ1v) is 6.70. The molecule has 0 spiro atoms. The van der Waals surface area contributed by atoms with Crippen molar-refractivity contribution in [1.29, 1.82) is 0 Å². The van der Waals surface area contributed by atoms with Crippen LogP contribution in [0.2, 0.25) is 0 Å². The highest BCUT2D eigenvalue weighted by molar-refractivity contribution is 5.88. The van der Waals surface area contributed by atoms with Gasteiger partial charge in [-0.1, -0.05) is 62.4 Å². The van der Waals surface area contributed by atoms with Crippen molar-refractivity contribution in [2.24, 2.45) is 0 Å². The molecule has 2 aromatic carbocycles. The van der Waals surface area contributed by atoms with Gasteiger partial charge in [-0.2, -0.15) is 0 Å². The van der Waals surface area contributed by atoms with Crippen LogP contribution in [-0.4, -0.2) is 5.97 Å². The van der Waals surface area contributed by atoms with Gasteiger partial charge >= 0.3 is 5.97 Å². The smallest absolute Gasteiger partial charge is 0.336 e. The highest BCUT2D eigenvalue weighted by Gasteiger charge is 2.09. The van der Waals surface area contributed by atoms with Crippen LogP contribution in [0.4, 0.5) is 0 Å². The second-order valence-corrected chi connectivity index (χ2v) is 4.86. The molecule has 2 rings (SSSR count). The standard InChI is InChI=1S/C18H18O2/c1-14(2)16-10-6-7-11-17(16)20-18(19)13-12-15-8-4-3-5-9-15/h3-14H,1-2H3. The lowest BCUT2D eigenvalue weighted by molar-refractivity contribution is -0.128. The van der Waals surface area contributed by atoms with Crippen LogP contribution < -0.4 is 4.74 Å². The van der Waals surface area contributed by atoms with Gasteiger partial charge in [0.05, 0.1) is 0 Å². The fourth-order valence-corrected chi connectivity index (χ4v) is 1.92. The molecule has 2 nitrogen and oxygen atoms in total. The van der Waals surface area contributed by atoms with Crippen LogP contribution in [0, 0.1) is 0 Å². The molecule has 0 aromatic heterocycles. The second-order valence-electron chi connectivity index (χ2n) is 4.86. The molecule has 0 radical (unpaired) electrons. The largest absolute Gasteiger partial charge is 0.423 e. The van der Waals surface area contributed by atoms with Gasteiger partial charge in [0.25, 0.3) is 0 Å². The minimum absolute atomic E-state index is 0.317. The summed E-state index contributed by atoms with van der Waals surface area (Å²) in [4.78, 5) is 11.9. The van der Waals surface area contributed by atoms with E-state index < -0.39 is 0 Å². The zero-order chi connectivity index (χ0) is 14.4. The predicted octanol–water partition coefficient (Wildman–Crippen LogP) is 4.43. The summed E-state index contributed by atoms with van der Waals surface area (Å²) in [6.45, 7) is 4.15. The Morgan fingerprint density at radius 1 is 1.00 bits per heavy atom. The van der Waals surface area contributed by atoms with E-state index in [2.05, 4.69) is 13.8 Å². The lowest BCUT2D eigenvalue weighted by atomic mass is 10.0. The van der Waals surface area contributed by atoms with Crippen molar-refractivity contribution < 1.29 is 9.53 Å². The van der Waals surface area contributed by atoms with Gasteiger partial charge in [-0.3, -0.25) is 0 Å². The summed E-state index contributed by atoms with van der Waals surface area (Å²) in [5.74, 6) is 0.587. The Balaban J connectivity index is 2.07. The van der Waals surface area contributed by atoms with Crippen LogP contribution >= 0.6 is 0 Å². The maximum Gasteiger partial charge on any atom is 0.336 e. The van der Waals surface area contributed by atoms with E-state index in [4.69, 9.17) is 4.74 Å². The molecule has 0 bridgehead atoms. The van der Waals surface area contributed by atoms with E-state index in [1.165, 1.54) is 6.08 Å². The van der Waals surface area contributed by atoms with Crippen molar-refractivity contribution in [2.75, 3.05) is 0 Å². The summed E-state index contributed by atoms with van der Waals surface area (Å²) in [6.07, 6.45) is 3.20. The van der Waals surface area contributed by atoms with Gasteiger partial charge in [0.2, 0.25) is 0 Å². The Morgan fingerprint density at radius 3 is 2.35 bits per heavy atom. The maximum absolute atomic E-state index is 11.9. The molecule has 0 saturated heterocycles. The van der Waals surface area contributed by atoms with Gasteiger partial charge in [0, 0.05) is 6.08 Å². The topological polar surface area (TPSA) is 26.3 Å². The SMILES string of the molecule is CC(C)c1ccccc1OC(=O)C=Cc1ccccc1. The number of para-hydroxylation sites is 1. The maximum atomic E-state index is 11.9. The number of ether oxygens (including phenoxy) is 1. The number of hydrogen-bond acceptors (Lipinski definition) is 2. The molecular weight excluding hydrogens is 248 g/mol. The average molecular weight is 266 g/mol. The Morgan fingerprint density at radius 2 is 1.65 bits per heavy atom. The fourth-order valence-electron chi connectivity index (χ4n) is 1.92. The molecule has 0 saturated carbocycles. The van der Waals surface area contributed by atoms with Crippen LogP contribution in [0.1, 0.15) is 30.9 Å². The summed E-state index contributed by atoms with van der Waals surface area (Å²) in [7, 11) is 0. The van der Waals surface area contributed by atoms with Gasteiger partial charge in [-0.15, -0.1) is 0 Å². The van der Waals surface area contributed by atoms with Gasteiger partial charge in [-0.25, -0.2) is 4.79 Å². The normalized spacial score (nSPS) is 10.9. The van der Waals surface area contributed by atoms with Crippen LogP contribution in [0.5, 0.6) is 5.75 Å². The van der Waals surface area contributed by atoms with Crippen LogP contribution in [0.3, 0.4) is 0 Å². The zero-order valence-electron chi connectivity index (χ0n) is 11.7. The quantitative estimate of drug-likeness (QED) is 0.465. The fraction of sp³-hybridized carbons (Fsp3) is 0.167. The van der Waals surface area contributed by atoms with Crippen molar-refractivity contribution in [3.05, 3.63) is 71.8 Å². The Labute approximate surface area is 119 Å². The first-order valence-electron chi connectivity index (χ1n) is 6.70. The number of esters is 1. The summed E-state index contributed by atoms with van der Waals surface area (Å²) in [5.41, 5.74) is 2.01. The van der Waals surface area contributed by atoms with Crippen molar-refractivity contribution in [2.45, 2.75) is 19.8 Å². The Bertz CT molecular complexity index is 598. The number of carbonyl (C=O) groups is 1. The van der Waals surface area contributed by atoms with Crippen LogP contribution in [0.15, 0.2) is 60.7 Å². The molecule has 0 unspecified atom stereocenters. The van der Waals surface area contributed by atoms with Crippen molar-refractivity contribution in [3.8, 4) is 5.75 Å². The Kier molecular flexibility index (Phi) is 4.72.